The summed E-state index contributed by atoms with van der Waals surface area (Å²) >= 11 is 0. The minimum atomic E-state index is 0.576. The van der Waals surface area contributed by atoms with Crippen LogP contribution in [0, 0.1) is 0 Å². The summed E-state index contributed by atoms with van der Waals surface area (Å²) in [5, 5.41) is 3.24. The molecule has 3 nitrogen and oxygen atoms in total. The van der Waals surface area contributed by atoms with Gasteiger partial charge in [-0.05, 0) is 38.9 Å². The van der Waals surface area contributed by atoms with Crippen LogP contribution in [0.25, 0.3) is 0 Å². The van der Waals surface area contributed by atoms with E-state index < -0.39 is 0 Å². The van der Waals surface area contributed by atoms with E-state index in [1.54, 1.807) is 6.26 Å². The first-order valence-corrected chi connectivity index (χ1v) is 5.74. The first kappa shape index (κ1) is 10.7. The van der Waals surface area contributed by atoms with E-state index in [0.29, 0.717) is 6.04 Å². The van der Waals surface area contributed by atoms with Gasteiger partial charge in [0.25, 0.3) is 0 Å². The molecule has 0 aliphatic heterocycles. The second kappa shape index (κ2) is 4.81. The third-order valence-corrected chi connectivity index (χ3v) is 3.00. The minimum Gasteiger partial charge on any atom is -0.468 e. The van der Waals surface area contributed by atoms with Gasteiger partial charge in [-0.1, -0.05) is 0 Å². The molecule has 2 rings (SSSR count). The molecule has 1 heterocycles. The maximum Gasteiger partial charge on any atom is 0.117 e. The standard InChI is InChI=1S/C12H20N2O/c1-10(8-13-2)14(11-5-6-11)9-12-4-3-7-15-12/h3-4,7,10-11,13H,5-6,8-9H2,1-2H3. The monoisotopic (exact) mass is 208 g/mol. The normalized spacial score (nSPS) is 18.3. The number of hydrogen-bond acceptors (Lipinski definition) is 3. The van der Waals surface area contributed by atoms with Crippen LogP contribution in [0.15, 0.2) is 22.8 Å². The smallest absolute Gasteiger partial charge is 0.117 e. The van der Waals surface area contributed by atoms with Crippen LogP contribution in [0.1, 0.15) is 25.5 Å². The maximum absolute atomic E-state index is 5.41. The van der Waals surface area contributed by atoms with Crippen molar-refractivity contribution in [3.8, 4) is 0 Å². The van der Waals surface area contributed by atoms with Crippen molar-refractivity contribution >= 4 is 0 Å². The van der Waals surface area contributed by atoms with Gasteiger partial charge in [-0.2, -0.15) is 0 Å². The number of nitrogens with one attached hydrogen (secondary N) is 1. The number of likely N-dealkylation sites (N-methyl/N-ethyl adjacent to an activating group) is 1. The highest BCUT2D eigenvalue weighted by molar-refractivity contribution is 5.00. The van der Waals surface area contributed by atoms with Crippen LogP contribution in [0.4, 0.5) is 0 Å². The van der Waals surface area contributed by atoms with Gasteiger partial charge >= 0.3 is 0 Å². The average Bonchev–Trinajstić information content (AvgIpc) is 2.93. The van der Waals surface area contributed by atoms with E-state index in [2.05, 4.69) is 23.2 Å². The van der Waals surface area contributed by atoms with Gasteiger partial charge in [0, 0.05) is 18.6 Å². The molecule has 1 aliphatic carbocycles. The summed E-state index contributed by atoms with van der Waals surface area (Å²) < 4.78 is 5.41. The van der Waals surface area contributed by atoms with E-state index in [4.69, 9.17) is 4.42 Å². The number of hydrogen-bond donors (Lipinski definition) is 1. The second-order valence-electron chi connectivity index (χ2n) is 4.39. The van der Waals surface area contributed by atoms with E-state index >= 15 is 0 Å². The summed E-state index contributed by atoms with van der Waals surface area (Å²) in [7, 11) is 2.01. The van der Waals surface area contributed by atoms with E-state index in [1.165, 1.54) is 12.8 Å². The molecule has 1 fully saturated rings. The Hall–Kier alpha value is -0.800. The Kier molecular flexibility index (Phi) is 3.44. The molecule has 0 saturated heterocycles. The summed E-state index contributed by atoms with van der Waals surface area (Å²) in [4.78, 5) is 2.54. The first-order chi connectivity index (χ1) is 7.31. The van der Waals surface area contributed by atoms with Gasteiger partial charge in [0.1, 0.15) is 5.76 Å². The van der Waals surface area contributed by atoms with Gasteiger partial charge in [-0.15, -0.1) is 0 Å². The highest BCUT2D eigenvalue weighted by atomic mass is 16.3. The predicted molar refractivity (Wildman–Crippen MR) is 60.7 cm³/mol. The third kappa shape index (κ3) is 2.83. The Morgan fingerprint density at radius 3 is 2.93 bits per heavy atom. The molecule has 0 bridgehead atoms. The molecule has 0 radical (unpaired) electrons. The van der Waals surface area contributed by atoms with E-state index in [0.717, 1.165) is 24.9 Å². The van der Waals surface area contributed by atoms with Crippen LogP contribution in [-0.4, -0.2) is 30.6 Å². The summed E-state index contributed by atoms with van der Waals surface area (Å²) in [5.41, 5.74) is 0. The van der Waals surface area contributed by atoms with E-state index in [1.807, 2.05) is 13.1 Å². The lowest BCUT2D eigenvalue weighted by Gasteiger charge is -2.28. The second-order valence-corrected chi connectivity index (χ2v) is 4.39. The highest BCUT2D eigenvalue weighted by Gasteiger charge is 2.32. The average molecular weight is 208 g/mol. The van der Waals surface area contributed by atoms with Crippen LogP contribution in [0.5, 0.6) is 0 Å². The fourth-order valence-electron chi connectivity index (χ4n) is 2.05. The molecule has 1 aromatic rings. The lowest BCUT2D eigenvalue weighted by atomic mass is 10.2. The molecular weight excluding hydrogens is 188 g/mol. The fourth-order valence-corrected chi connectivity index (χ4v) is 2.05. The Morgan fingerprint density at radius 2 is 2.40 bits per heavy atom. The van der Waals surface area contributed by atoms with E-state index in [-0.39, 0.29) is 0 Å². The Morgan fingerprint density at radius 1 is 1.60 bits per heavy atom. The largest absolute Gasteiger partial charge is 0.468 e. The van der Waals surface area contributed by atoms with Crippen LogP contribution >= 0.6 is 0 Å². The van der Waals surface area contributed by atoms with Crippen molar-refractivity contribution in [2.75, 3.05) is 13.6 Å². The molecule has 1 N–H and O–H groups in total. The topological polar surface area (TPSA) is 28.4 Å². The predicted octanol–water partition coefficient (Wildman–Crippen LogP) is 1.85. The van der Waals surface area contributed by atoms with Gasteiger partial charge < -0.3 is 9.73 Å². The maximum atomic E-state index is 5.41. The quantitative estimate of drug-likeness (QED) is 0.773. The molecule has 0 aromatic carbocycles. The Balaban J connectivity index is 1.94. The van der Waals surface area contributed by atoms with Crippen LogP contribution in [-0.2, 0) is 6.54 Å². The molecule has 1 aliphatic rings. The third-order valence-electron chi connectivity index (χ3n) is 3.00. The Labute approximate surface area is 91.4 Å². The van der Waals surface area contributed by atoms with Gasteiger partial charge in [0.2, 0.25) is 0 Å². The molecule has 84 valence electrons. The van der Waals surface area contributed by atoms with Crippen molar-refractivity contribution in [1.82, 2.24) is 10.2 Å². The van der Waals surface area contributed by atoms with Crippen molar-refractivity contribution in [1.29, 1.82) is 0 Å². The fraction of sp³-hybridized carbons (Fsp3) is 0.667. The SMILES string of the molecule is CNCC(C)N(Cc1ccco1)C1CC1. The first-order valence-electron chi connectivity index (χ1n) is 5.74. The highest BCUT2D eigenvalue weighted by Crippen LogP contribution is 2.30. The molecule has 15 heavy (non-hydrogen) atoms. The minimum absolute atomic E-state index is 0.576. The molecule has 3 heteroatoms. The van der Waals surface area contributed by atoms with Crippen molar-refractivity contribution in [3.05, 3.63) is 24.2 Å². The number of nitrogens with zero attached hydrogens (tertiary/aromatic N) is 1. The molecular formula is C12H20N2O. The lowest BCUT2D eigenvalue weighted by Crippen LogP contribution is -2.40. The van der Waals surface area contributed by atoms with Gasteiger partial charge in [0.15, 0.2) is 0 Å². The summed E-state index contributed by atoms with van der Waals surface area (Å²) in [6, 6.07) is 5.37. The van der Waals surface area contributed by atoms with Gasteiger partial charge in [-0.25, -0.2) is 0 Å². The summed E-state index contributed by atoms with van der Waals surface area (Å²) in [6.07, 6.45) is 4.44. The van der Waals surface area contributed by atoms with E-state index in [9.17, 15) is 0 Å². The van der Waals surface area contributed by atoms with Gasteiger partial charge in [0.05, 0.1) is 12.8 Å². The zero-order valence-electron chi connectivity index (χ0n) is 9.57. The molecule has 1 unspecified atom stereocenters. The molecule has 0 amide bonds. The van der Waals surface area contributed by atoms with Crippen LogP contribution in [0.2, 0.25) is 0 Å². The van der Waals surface area contributed by atoms with Crippen LogP contribution < -0.4 is 5.32 Å². The molecule has 0 spiro atoms. The van der Waals surface area contributed by atoms with Crippen molar-refractivity contribution in [2.45, 2.75) is 38.4 Å². The Bertz CT molecular complexity index is 280. The zero-order valence-corrected chi connectivity index (χ0v) is 9.57. The zero-order chi connectivity index (χ0) is 10.7. The van der Waals surface area contributed by atoms with Crippen LogP contribution in [0.3, 0.4) is 0 Å². The molecule has 1 aromatic heterocycles. The van der Waals surface area contributed by atoms with Gasteiger partial charge in [-0.3, -0.25) is 4.90 Å². The van der Waals surface area contributed by atoms with Crippen molar-refractivity contribution in [2.24, 2.45) is 0 Å². The number of furan rings is 1. The lowest BCUT2D eigenvalue weighted by molar-refractivity contribution is 0.173. The molecule has 1 saturated carbocycles. The summed E-state index contributed by atoms with van der Waals surface area (Å²) in [6.45, 7) is 4.26. The van der Waals surface area contributed by atoms with Crippen molar-refractivity contribution < 1.29 is 4.42 Å². The number of rotatable bonds is 6. The summed E-state index contributed by atoms with van der Waals surface area (Å²) in [5.74, 6) is 1.07. The molecule has 1 atom stereocenters. The van der Waals surface area contributed by atoms with Crippen molar-refractivity contribution in [3.63, 3.8) is 0 Å².